The Balaban J connectivity index is 2.01. The third-order valence-corrected chi connectivity index (χ3v) is 3.18. The van der Waals surface area contributed by atoms with Crippen LogP contribution in [0.5, 0.6) is 0 Å². The highest BCUT2D eigenvalue weighted by Gasteiger charge is 2.11. The lowest BCUT2D eigenvalue weighted by atomic mass is 10.0. The van der Waals surface area contributed by atoms with Gasteiger partial charge in [0.15, 0.2) is 0 Å². The average molecular weight is 250 g/mol. The highest BCUT2D eigenvalue weighted by molar-refractivity contribution is 5.78. The van der Waals surface area contributed by atoms with Crippen LogP contribution in [0.15, 0.2) is 54.9 Å². The van der Waals surface area contributed by atoms with E-state index >= 15 is 0 Å². The van der Waals surface area contributed by atoms with Gasteiger partial charge < -0.3 is 5.11 Å². The third-order valence-electron chi connectivity index (χ3n) is 3.18. The number of rotatable bonds is 2. The Hall–Kier alpha value is -2.26. The van der Waals surface area contributed by atoms with Crippen LogP contribution in [0.1, 0.15) is 22.9 Å². The summed E-state index contributed by atoms with van der Waals surface area (Å²) in [6.07, 6.45) is 2.73. The quantitative estimate of drug-likeness (QED) is 0.760. The average Bonchev–Trinajstić information content (AvgIpc) is 2.47. The third kappa shape index (κ3) is 2.33. The monoisotopic (exact) mass is 250 g/mol. The Labute approximate surface area is 111 Å². The molecule has 3 heteroatoms. The van der Waals surface area contributed by atoms with E-state index in [2.05, 4.69) is 9.97 Å². The van der Waals surface area contributed by atoms with E-state index in [-0.39, 0.29) is 0 Å². The van der Waals surface area contributed by atoms with Crippen molar-refractivity contribution in [2.75, 3.05) is 0 Å². The summed E-state index contributed by atoms with van der Waals surface area (Å²) in [5.41, 5.74) is 3.43. The summed E-state index contributed by atoms with van der Waals surface area (Å²) in [6.45, 7) is 1.92. The smallest absolute Gasteiger partial charge is 0.107 e. The van der Waals surface area contributed by atoms with Crippen molar-refractivity contribution in [3.63, 3.8) is 0 Å². The predicted molar refractivity (Wildman–Crippen MR) is 74.8 cm³/mol. The fourth-order valence-electron chi connectivity index (χ4n) is 2.07. The van der Waals surface area contributed by atoms with Gasteiger partial charge in [-0.3, -0.25) is 9.97 Å². The minimum Gasteiger partial charge on any atom is -0.384 e. The number of benzene rings is 1. The molecule has 3 nitrogen and oxygen atoms in total. The minimum absolute atomic E-state index is 0.690. The number of pyridine rings is 2. The number of hydrogen-bond acceptors (Lipinski definition) is 3. The first-order valence-electron chi connectivity index (χ1n) is 6.19. The maximum atomic E-state index is 10.4. The van der Waals surface area contributed by atoms with Crippen molar-refractivity contribution in [2.24, 2.45) is 0 Å². The summed E-state index contributed by atoms with van der Waals surface area (Å²) in [5.74, 6) is 0. The molecule has 0 aliphatic rings. The van der Waals surface area contributed by atoms with Gasteiger partial charge in [-0.2, -0.15) is 0 Å². The lowest BCUT2D eigenvalue weighted by molar-refractivity contribution is 0.219. The van der Waals surface area contributed by atoms with Gasteiger partial charge in [0.25, 0.3) is 0 Å². The molecule has 3 rings (SSSR count). The maximum absolute atomic E-state index is 10.4. The van der Waals surface area contributed by atoms with Crippen molar-refractivity contribution in [1.29, 1.82) is 0 Å². The van der Waals surface area contributed by atoms with Crippen LogP contribution in [0.2, 0.25) is 0 Å². The van der Waals surface area contributed by atoms with E-state index in [1.165, 1.54) is 0 Å². The zero-order chi connectivity index (χ0) is 13.2. The first-order valence-corrected chi connectivity index (χ1v) is 6.19. The number of hydrogen-bond donors (Lipinski definition) is 1. The topological polar surface area (TPSA) is 46.0 Å². The molecule has 1 aromatic carbocycles. The van der Waals surface area contributed by atoms with Gasteiger partial charge in [-0.15, -0.1) is 0 Å². The van der Waals surface area contributed by atoms with Gasteiger partial charge in [0, 0.05) is 34.6 Å². The van der Waals surface area contributed by atoms with E-state index in [1.807, 2.05) is 49.4 Å². The second-order valence-electron chi connectivity index (χ2n) is 4.60. The van der Waals surface area contributed by atoms with Crippen LogP contribution in [0.25, 0.3) is 10.9 Å². The summed E-state index contributed by atoms with van der Waals surface area (Å²) in [4.78, 5) is 8.57. The number of aryl methyl sites for hydroxylation is 1. The van der Waals surface area contributed by atoms with E-state index in [0.29, 0.717) is 0 Å². The summed E-state index contributed by atoms with van der Waals surface area (Å²) >= 11 is 0. The number of para-hydroxylation sites is 1. The number of fused-ring (bicyclic) bond motifs is 1. The minimum atomic E-state index is -0.690. The highest BCUT2D eigenvalue weighted by atomic mass is 16.3. The van der Waals surface area contributed by atoms with Gasteiger partial charge in [-0.05, 0) is 25.1 Å². The normalized spacial score (nSPS) is 12.5. The molecule has 94 valence electrons. The lowest BCUT2D eigenvalue weighted by Crippen LogP contribution is -2.01. The van der Waals surface area contributed by atoms with Gasteiger partial charge in [0.05, 0.1) is 5.52 Å². The molecule has 0 radical (unpaired) electrons. The summed E-state index contributed by atoms with van der Waals surface area (Å²) in [6, 6.07) is 13.6. The fourth-order valence-corrected chi connectivity index (χ4v) is 2.07. The van der Waals surface area contributed by atoms with Crippen LogP contribution >= 0.6 is 0 Å². The standard InChI is InChI=1S/C16H14N2O/c1-11-6-7-13(9-17-11)16(19)14-8-12-4-2-3-5-15(12)18-10-14/h2-10,16,19H,1H3. The van der Waals surface area contributed by atoms with Crippen LogP contribution in [0.3, 0.4) is 0 Å². The Bertz CT molecular complexity index is 707. The SMILES string of the molecule is Cc1ccc(C(O)c2cnc3ccccc3c2)cn1. The molecule has 0 saturated carbocycles. The molecule has 0 amide bonds. The zero-order valence-electron chi connectivity index (χ0n) is 10.6. The van der Waals surface area contributed by atoms with Crippen molar-refractivity contribution in [3.8, 4) is 0 Å². The van der Waals surface area contributed by atoms with Crippen molar-refractivity contribution >= 4 is 10.9 Å². The Kier molecular flexibility index (Phi) is 2.97. The second kappa shape index (κ2) is 4.78. The fraction of sp³-hybridized carbons (Fsp3) is 0.125. The van der Waals surface area contributed by atoms with Gasteiger partial charge >= 0.3 is 0 Å². The van der Waals surface area contributed by atoms with Gasteiger partial charge in [-0.25, -0.2) is 0 Å². The van der Waals surface area contributed by atoms with E-state index in [9.17, 15) is 5.11 Å². The molecule has 0 spiro atoms. The first kappa shape index (κ1) is 11.8. The molecule has 0 saturated heterocycles. The molecule has 3 aromatic rings. The van der Waals surface area contributed by atoms with Crippen LogP contribution in [0, 0.1) is 6.92 Å². The Morgan fingerprint density at radius 1 is 0.947 bits per heavy atom. The summed E-state index contributed by atoms with van der Waals surface area (Å²) in [7, 11) is 0. The van der Waals surface area contributed by atoms with Gasteiger partial charge in [0.2, 0.25) is 0 Å². The Morgan fingerprint density at radius 3 is 2.53 bits per heavy atom. The molecule has 1 atom stereocenters. The van der Waals surface area contributed by atoms with E-state index < -0.39 is 6.10 Å². The maximum Gasteiger partial charge on any atom is 0.107 e. The van der Waals surface area contributed by atoms with Gasteiger partial charge in [-0.1, -0.05) is 24.3 Å². The number of aromatic nitrogens is 2. The van der Waals surface area contributed by atoms with Crippen LogP contribution in [-0.4, -0.2) is 15.1 Å². The molecular formula is C16H14N2O. The first-order chi connectivity index (χ1) is 9.24. The summed E-state index contributed by atoms with van der Waals surface area (Å²) in [5, 5.41) is 11.4. The Morgan fingerprint density at radius 2 is 1.74 bits per heavy atom. The number of aliphatic hydroxyl groups excluding tert-OH is 1. The highest BCUT2D eigenvalue weighted by Crippen LogP contribution is 2.23. The van der Waals surface area contributed by atoms with E-state index in [4.69, 9.17) is 0 Å². The number of aliphatic hydroxyl groups is 1. The van der Waals surface area contributed by atoms with E-state index in [1.54, 1.807) is 12.4 Å². The molecular weight excluding hydrogens is 236 g/mol. The zero-order valence-corrected chi connectivity index (χ0v) is 10.6. The van der Waals surface area contributed by atoms with Crippen molar-refractivity contribution in [1.82, 2.24) is 9.97 Å². The lowest BCUT2D eigenvalue weighted by Gasteiger charge is -2.11. The van der Waals surface area contributed by atoms with E-state index in [0.717, 1.165) is 27.7 Å². The van der Waals surface area contributed by atoms with Crippen LogP contribution in [0.4, 0.5) is 0 Å². The predicted octanol–water partition coefficient (Wildman–Crippen LogP) is 3.02. The largest absolute Gasteiger partial charge is 0.384 e. The summed E-state index contributed by atoms with van der Waals surface area (Å²) < 4.78 is 0. The second-order valence-corrected chi connectivity index (χ2v) is 4.60. The molecule has 1 unspecified atom stereocenters. The molecule has 19 heavy (non-hydrogen) atoms. The van der Waals surface area contributed by atoms with Crippen molar-refractivity contribution in [3.05, 3.63) is 71.7 Å². The molecule has 0 aliphatic heterocycles. The molecule has 0 aliphatic carbocycles. The van der Waals surface area contributed by atoms with Gasteiger partial charge in [0.1, 0.15) is 6.10 Å². The molecule has 0 fully saturated rings. The molecule has 0 bridgehead atoms. The molecule has 1 N–H and O–H groups in total. The molecule has 2 heterocycles. The number of nitrogens with zero attached hydrogens (tertiary/aromatic N) is 2. The van der Waals surface area contributed by atoms with Crippen molar-refractivity contribution in [2.45, 2.75) is 13.0 Å². The van der Waals surface area contributed by atoms with Crippen LogP contribution < -0.4 is 0 Å². The van der Waals surface area contributed by atoms with Crippen molar-refractivity contribution < 1.29 is 5.11 Å². The van der Waals surface area contributed by atoms with Crippen LogP contribution in [-0.2, 0) is 0 Å². The molecule has 2 aromatic heterocycles.